The van der Waals surface area contributed by atoms with Crippen molar-refractivity contribution in [3.8, 4) is 5.75 Å². The number of aromatic hydroxyl groups is 1. The summed E-state index contributed by atoms with van der Waals surface area (Å²) in [5.41, 5.74) is -6.62. The minimum atomic E-state index is -6.07. The number of carbonyl (C=O) groups excluding carboxylic acids is 2. The molecule has 2 rings (SSSR count). The molecule has 0 fully saturated rings. The number of hydrogen-bond acceptors (Lipinski definition) is 6. The van der Waals surface area contributed by atoms with Gasteiger partial charge in [-0.1, -0.05) is 6.07 Å². The lowest BCUT2D eigenvalue weighted by Crippen LogP contribution is -2.28. The van der Waals surface area contributed by atoms with Crippen LogP contribution in [-0.2, 0) is 14.3 Å². The Kier molecular flexibility index (Phi) is 3.28. The number of allylic oxidation sites excluding steroid dienone is 2. The van der Waals surface area contributed by atoms with Crippen LogP contribution in [0.2, 0.25) is 0 Å². The first-order valence-electron chi connectivity index (χ1n) is 5.18. The van der Waals surface area contributed by atoms with E-state index in [4.69, 9.17) is 0 Å². The Hall–Kier alpha value is -2.36. The fourth-order valence-electron chi connectivity index (χ4n) is 1.61. The van der Waals surface area contributed by atoms with Crippen LogP contribution in [0.15, 0.2) is 30.0 Å². The lowest BCUT2D eigenvalue weighted by atomic mass is 9.93. The Balaban J connectivity index is 2.48. The number of phenols is 1. The quantitative estimate of drug-likeness (QED) is 0.655. The Morgan fingerprint density at radius 2 is 1.76 bits per heavy atom. The summed E-state index contributed by atoms with van der Waals surface area (Å²) in [6.07, 6.45) is 0.285. The lowest BCUT2D eigenvalue weighted by Gasteiger charge is -2.16. The van der Waals surface area contributed by atoms with E-state index in [0.717, 1.165) is 12.1 Å². The van der Waals surface area contributed by atoms with Crippen molar-refractivity contribution in [3.63, 3.8) is 0 Å². The van der Waals surface area contributed by atoms with Crippen LogP contribution in [0, 0.1) is 0 Å². The molecular weight excluding hydrogens is 317 g/mol. The highest BCUT2D eigenvalue weighted by Gasteiger charge is 2.50. The first-order chi connectivity index (χ1) is 9.54. The Labute approximate surface area is 115 Å². The highest BCUT2D eigenvalue weighted by atomic mass is 32.2. The maximum absolute atomic E-state index is 12.2. The van der Waals surface area contributed by atoms with Crippen molar-refractivity contribution in [2.45, 2.75) is 5.51 Å². The fraction of sp³-hybridized carbons (Fsp3) is 0.0909. The van der Waals surface area contributed by atoms with Gasteiger partial charge in [0.15, 0.2) is 11.5 Å². The summed E-state index contributed by atoms with van der Waals surface area (Å²) in [4.78, 5) is 23.5. The normalized spacial score (nSPS) is 15.5. The van der Waals surface area contributed by atoms with Crippen molar-refractivity contribution < 1.29 is 40.5 Å². The summed E-state index contributed by atoms with van der Waals surface area (Å²) in [5.74, 6) is -4.14. The third kappa shape index (κ3) is 2.49. The van der Waals surface area contributed by atoms with Crippen LogP contribution >= 0.6 is 0 Å². The maximum atomic E-state index is 12.2. The average Bonchev–Trinajstić information content (AvgIpc) is 2.33. The highest BCUT2D eigenvalue weighted by Crippen LogP contribution is 2.32. The van der Waals surface area contributed by atoms with E-state index >= 15 is 0 Å². The standard InChI is InChI=1S/C11H5F3O6S/c12-11(13,14)21(18,19)20-8-4-7(16)9-5(10(8)17)2-1-3-6(9)15/h1-4,15H. The minimum Gasteiger partial charge on any atom is -0.507 e. The van der Waals surface area contributed by atoms with Crippen LogP contribution in [0.4, 0.5) is 13.2 Å². The van der Waals surface area contributed by atoms with Gasteiger partial charge >= 0.3 is 15.6 Å². The Bertz CT molecular complexity index is 776. The summed E-state index contributed by atoms with van der Waals surface area (Å²) >= 11 is 0. The number of hydrogen-bond donors (Lipinski definition) is 1. The number of benzene rings is 1. The van der Waals surface area contributed by atoms with Crippen LogP contribution in [0.25, 0.3) is 0 Å². The molecule has 0 saturated heterocycles. The smallest absolute Gasteiger partial charge is 0.507 e. The molecule has 1 aliphatic rings. The highest BCUT2D eigenvalue weighted by molar-refractivity contribution is 7.87. The number of phenolic OH excluding ortho intramolecular Hbond substituents is 1. The van der Waals surface area contributed by atoms with Crippen molar-refractivity contribution in [1.82, 2.24) is 0 Å². The summed E-state index contributed by atoms with van der Waals surface area (Å²) in [5, 5.41) is 9.45. The molecule has 1 aromatic rings. The van der Waals surface area contributed by atoms with Gasteiger partial charge < -0.3 is 9.29 Å². The number of alkyl halides is 3. The van der Waals surface area contributed by atoms with Gasteiger partial charge in [0.2, 0.25) is 5.78 Å². The second-order valence-electron chi connectivity index (χ2n) is 3.88. The van der Waals surface area contributed by atoms with Gasteiger partial charge in [-0.25, -0.2) is 0 Å². The number of Topliss-reactive ketones (excluding diaryl/α,β-unsaturated/α-hetero) is 1. The molecule has 0 spiro atoms. The number of halogens is 3. The fourth-order valence-corrected chi connectivity index (χ4v) is 2.06. The van der Waals surface area contributed by atoms with Gasteiger partial charge in [0, 0.05) is 11.6 Å². The van der Waals surface area contributed by atoms with Crippen molar-refractivity contribution in [3.05, 3.63) is 41.2 Å². The zero-order chi connectivity index (χ0) is 16.0. The van der Waals surface area contributed by atoms with E-state index in [1.165, 1.54) is 6.07 Å². The van der Waals surface area contributed by atoms with Gasteiger partial charge in [0.25, 0.3) is 0 Å². The number of fused-ring (bicyclic) bond motifs is 1. The Morgan fingerprint density at radius 1 is 1.14 bits per heavy atom. The number of carbonyl (C=O) groups is 2. The number of rotatable bonds is 2. The second-order valence-corrected chi connectivity index (χ2v) is 5.42. The molecule has 0 atom stereocenters. The van der Waals surface area contributed by atoms with Crippen molar-refractivity contribution in [2.24, 2.45) is 0 Å². The first-order valence-corrected chi connectivity index (χ1v) is 6.59. The maximum Gasteiger partial charge on any atom is 0.534 e. The van der Waals surface area contributed by atoms with Gasteiger partial charge in [-0.15, -0.1) is 0 Å². The monoisotopic (exact) mass is 322 g/mol. The van der Waals surface area contributed by atoms with Crippen LogP contribution < -0.4 is 0 Å². The molecule has 1 aromatic carbocycles. The van der Waals surface area contributed by atoms with E-state index in [9.17, 15) is 36.3 Å². The van der Waals surface area contributed by atoms with Gasteiger partial charge in [0.1, 0.15) is 5.75 Å². The van der Waals surface area contributed by atoms with E-state index in [2.05, 4.69) is 4.18 Å². The van der Waals surface area contributed by atoms with E-state index in [0.29, 0.717) is 0 Å². The summed E-state index contributed by atoms with van der Waals surface area (Å²) in [6.45, 7) is 0. The largest absolute Gasteiger partial charge is 0.534 e. The van der Waals surface area contributed by atoms with Gasteiger partial charge in [0.05, 0.1) is 5.56 Å². The predicted molar refractivity (Wildman–Crippen MR) is 60.9 cm³/mol. The molecule has 112 valence electrons. The molecule has 0 bridgehead atoms. The lowest BCUT2D eigenvalue weighted by molar-refractivity contribution is -0.0520. The predicted octanol–water partition coefficient (Wildman–Crippen LogP) is 1.52. The zero-order valence-corrected chi connectivity index (χ0v) is 10.7. The van der Waals surface area contributed by atoms with Gasteiger partial charge in [-0.2, -0.15) is 21.6 Å². The van der Waals surface area contributed by atoms with Crippen LogP contribution in [0.3, 0.4) is 0 Å². The molecule has 0 aromatic heterocycles. The van der Waals surface area contributed by atoms with E-state index in [1.807, 2.05) is 0 Å². The molecule has 0 unspecified atom stereocenters. The molecule has 0 amide bonds. The summed E-state index contributed by atoms with van der Waals surface area (Å²) in [7, 11) is -6.07. The molecule has 0 heterocycles. The molecule has 1 N–H and O–H groups in total. The molecule has 0 radical (unpaired) electrons. The molecule has 1 aliphatic carbocycles. The van der Waals surface area contributed by atoms with Crippen LogP contribution in [-0.4, -0.2) is 30.6 Å². The molecular formula is C11H5F3O6S. The molecule has 0 saturated carbocycles. The number of ketones is 2. The van der Waals surface area contributed by atoms with Crippen molar-refractivity contribution in [2.75, 3.05) is 0 Å². The van der Waals surface area contributed by atoms with E-state index < -0.39 is 49.8 Å². The summed E-state index contributed by atoms with van der Waals surface area (Å²) < 4.78 is 62.0. The molecule has 21 heavy (non-hydrogen) atoms. The average molecular weight is 322 g/mol. The van der Waals surface area contributed by atoms with Crippen molar-refractivity contribution in [1.29, 1.82) is 0 Å². The van der Waals surface area contributed by atoms with Crippen LogP contribution in [0.1, 0.15) is 20.7 Å². The third-order valence-corrected chi connectivity index (χ3v) is 3.47. The van der Waals surface area contributed by atoms with E-state index in [1.54, 1.807) is 0 Å². The van der Waals surface area contributed by atoms with E-state index in [-0.39, 0.29) is 6.08 Å². The first kappa shape index (κ1) is 15.0. The molecule has 10 heteroatoms. The molecule has 0 aliphatic heterocycles. The minimum absolute atomic E-state index is 0.285. The second kappa shape index (κ2) is 4.58. The van der Waals surface area contributed by atoms with Gasteiger partial charge in [-0.05, 0) is 12.1 Å². The van der Waals surface area contributed by atoms with Crippen LogP contribution in [0.5, 0.6) is 5.75 Å². The van der Waals surface area contributed by atoms with Crippen molar-refractivity contribution >= 4 is 21.7 Å². The summed E-state index contributed by atoms with van der Waals surface area (Å²) in [6, 6.07) is 3.31. The van der Waals surface area contributed by atoms with Gasteiger partial charge in [-0.3, -0.25) is 9.59 Å². The zero-order valence-electron chi connectivity index (χ0n) is 9.84. The molecule has 6 nitrogen and oxygen atoms in total. The topological polar surface area (TPSA) is 97.7 Å². The Morgan fingerprint density at radius 3 is 2.33 bits per heavy atom. The SMILES string of the molecule is O=C1C(OS(=O)(=O)C(F)(F)F)=CC(=O)c2c(O)cccc21. The third-order valence-electron chi connectivity index (χ3n) is 2.50.